The smallest absolute Gasteiger partial charge is 0.333 e. The van der Waals surface area contributed by atoms with E-state index in [9.17, 15) is 9.59 Å². The zero-order valence-corrected chi connectivity index (χ0v) is 14.4. The second kappa shape index (κ2) is 7.54. The van der Waals surface area contributed by atoms with Crippen LogP contribution in [0.4, 0.5) is 0 Å². The zero-order chi connectivity index (χ0) is 18.0. The quantitative estimate of drug-likeness (QED) is 0.867. The Labute approximate surface area is 147 Å². The van der Waals surface area contributed by atoms with Gasteiger partial charge in [0.1, 0.15) is 6.10 Å². The second-order valence-corrected chi connectivity index (χ2v) is 7.12. The van der Waals surface area contributed by atoms with Gasteiger partial charge in [-0.25, -0.2) is 4.79 Å². The zero-order valence-electron chi connectivity index (χ0n) is 14.4. The van der Waals surface area contributed by atoms with E-state index in [4.69, 9.17) is 14.9 Å². The average molecular weight is 347 g/mol. The number of likely N-dealkylation sites (tertiary alicyclic amines) is 1. The molecule has 2 aliphatic heterocycles. The number of carboxylic acids is 1. The number of benzene rings is 1. The Hall–Kier alpha value is -1.92. The fourth-order valence-corrected chi connectivity index (χ4v) is 3.84. The minimum atomic E-state index is -0.997. The predicted molar refractivity (Wildman–Crippen MR) is 91.0 cm³/mol. The number of hydrogen-bond donors (Lipinski definition) is 2. The molecule has 2 saturated heterocycles. The van der Waals surface area contributed by atoms with E-state index in [1.165, 1.54) is 5.56 Å². The summed E-state index contributed by atoms with van der Waals surface area (Å²) in [6, 6.07) is 7.85. The first-order valence-corrected chi connectivity index (χ1v) is 8.86. The highest BCUT2D eigenvalue weighted by molar-refractivity contribution is 5.83. The average Bonchev–Trinajstić information content (AvgIpc) is 3.03. The topological polar surface area (TPSA) is 87.1 Å². The largest absolute Gasteiger partial charge is 0.479 e. The fourth-order valence-electron chi connectivity index (χ4n) is 3.84. The molecule has 25 heavy (non-hydrogen) atoms. The molecule has 2 N–H and O–H groups in total. The van der Waals surface area contributed by atoms with Crippen molar-refractivity contribution >= 4 is 11.9 Å². The number of nitrogens with zero attached hydrogens (tertiary/aromatic N) is 1. The molecule has 1 unspecified atom stereocenters. The van der Waals surface area contributed by atoms with Crippen LogP contribution in [0.15, 0.2) is 24.3 Å². The van der Waals surface area contributed by atoms with Crippen LogP contribution in [0.2, 0.25) is 0 Å². The number of piperidine rings is 1. The van der Waals surface area contributed by atoms with Gasteiger partial charge >= 0.3 is 5.97 Å². The summed E-state index contributed by atoms with van der Waals surface area (Å²) in [6.07, 6.45) is 0.861. The molecular formula is C19H25NO5. The van der Waals surface area contributed by atoms with E-state index in [2.05, 4.69) is 0 Å². The number of carbonyl (C=O) groups excluding carboxylic acids is 1. The van der Waals surface area contributed by atoms with Crippen molar-refractivity contribution in [3.63, 3.8) is 0 Å². The maximum atomic E-state index is 12.8. The highest BCUT2D eigenvalue weighted by Gasteiger charge is 2.42. The van der Waals surface area contributed by atoms with E-state index >= 15 is 0 Å². The summed E-state index contributed by atoms with van der Waals surface area (Å²) in [5.74, 6) is -0.979. The van der Waals surface area contributed by atoms with Crippen molar-refractivity contribution in [2.24, 2.45) is 5.92 Å². The Bertz CT molecular complexity index is 629. The van der Waals surface area contributed by atoms with Gasteiger partial charge in [0.05, 0.1) is 6.61 Å². The van der Waals surface area contributed by atoms with Crippen LogP contribution in [0, 0.1) is 5.92 Å². The van der Waals surface area contributed by atoms with Crippen LogP contribution in [0.3, 0.4) is 0 Å². The summed E-state index contributed by atoms with van der Waals surface area (Å²) < 4.78 is 5.50. The fraction of sp³-hybridized carbons (Fsp3) is 0.579. The first-order chi connectivity index (χ1) is 12.0. The van der Waals surface area contributed by atoms with Crippen LogP contribution in [-0.4, -0.2) is 52.3 Å². The molecule has 0 bridgehead atoms. The monoisotopic (exact) mass is 347 g/mol. The van der Waals surface area contributed by atoms with Crippen LogP contribution in [0.1, 0.15) is 43.2 Å². The van der Waals surface area contributed by atoms with Gasteiger partial charge in [-0.05, 0) is 36.3 Å². The molecule has 2 aliphatic rings. The molecule has 1 aromatic carbocycles. The SMILES string of the molecule is C[C@@H]1C[C@H](C(=O)N2CCCC(c3ccc(CO)cc3)C2)O[C@H]1C(=O)O. The summed E-state index contributed by atoms with van der Waals surface area (Å²) in [5, 5.41) is 18.3. The van der Waals surface area contributed by atoms with E-state index in [1.807, 2.05) is 36.1 Å². The highest BCUT2D eigenvalue weighted by atomic mass is 16.5. The molecule has 0 aliphatic carbocycles. The van der Waals surface area contributed by atoms with E-state index in [-0.39, 0.29) is 24.3 Å². The lowest BCUT2D eigenvalue weighted by atomic mass is 9.89. The maximum Gasteiger partial charge on any atom is 0.333 e. The van der Waals surface area contributed by atoms with Crippen molar-refractivity contribution in [3.8, 4) is 0 Å². The van der Waals surface area contributed by atoms with Crippen molar-refractivity contribution in [2.45, 2.75) is 50.9 Å². The van der Waals surface area contributed by atoms with Gasteiger partial charge in [0.2, 0.25) is 0 Å². The lowest BCUT2D eigenvalue weighted by Crippen LogP contribution is -2.44. The lowest BCUT2D eigenvalue weighted by Gasteiger charge is -2.34. The van der Waals surface area contributed by atoms with E-state index in [1.54, 1.807) is 0 Å². The number of aliphatic carboxylic acids is 1. The maximum absolute atomic E-state index is 12.8. The second-order valence-electron chi connectivity index (χ2n) is 7.12. The minimum absolute atomic E-state index is 0.0253. The van der Waals surface area contributed by atoms with Crippen molar-refractivity contribution in [3.05, 3.63) is 35.4 Å². The number of aliphatic hydroxyl groups excluding tert-OH is 1. The van der Waals surface area contributed by atoms with Gasteiger partial charge in [0, 0.05) is 19.0 Å². The Kier molecular flexibility index (Phi) is 5.39. The Morgan fingerprint density at radius 1 is 1.28 bits per heavy atom. The summed E-state index contributed by atoms with van der Waals surface area (Å²) in [4.78, 5) is 25.8. The van der Waals surface area contributed by atoms with Crippen LogP contribution in [0.25, 0.3) is 0 Å². The molecule has 2 heterocycles. The Morgan fingerprint density at radius 3 is 2.60 bits per heavy atom. The molecule has 6 nitrogen and oxygen atoms in total. The van der Waals surface area contributed by atoms with E-state index < -0.39 is 18.2 Å². The number of rotatable bonds is 4. The summed E-state index contributed by atoms with van der Waals surface area (Å²) in [6.45, 7) is 3.16. The molecular weight excluding hydrogens is 322 g/mol. The molecule has 1 amide bonds. The number of hydrogen-bond acceptors (Lipinski definition) is 4. The molecule has 0 spiro atoms. The van der Waals surface area contributed by atoms with Gasteiger partial charge in [-0.3, -0.25) is 4.79 Å². The molecule has 2 fully saturated rings. The molecule has 0 saturated carbocycles. The highest BCUT2D eigenvalue weighted by Crippen LogP contribution is 2.31. The van der Waals surface area contributed by atoms with Crippen molar-refractivity contribution in [1.82, 2.24) is 4.90 Å². The van der Waals surface area contributed by atoms with Crippen LogP contribution in [-0.2, 0) is 20.9 Å². The van der Waals surface area contributed by atoms with Gasteiger partial charge in [0.15, 0.2) is 6.10 Å². The molecule has 3 rings (SSSR count). The summed E-state index contributed by atoms with van der Waals surface area (Å²) in [5.41, 5.74) is 2.04. The Morgan fingerprint density at radius 2 is 2.00 bits per heavy atom. The molecule has 136 valence electrons. The number of carbonyl (C=O) groups is 2. The minimum Gasteiger partial charge on any atom is -0.479 e. The lowest BCUT2D eigenvalue weighted by molar-refractivity contribution is -0.156. The van der Waals surface area contributed by atoms with Crippen LogP contribution >= 0.6 is 0 Å². The summed E-state index contributed by atoms with van der Waals surface area (Å²) in [7, 11) is 0. The molecule has 0 radical (unpaired) electrons. The van der Waals surface area contributed by atoms with Crippen LogP contribution in [0.5, 0.6) is 0 Å². The van der Waals surface area contributed by atoms with Gasteiger partial charge in [-0.2, -0.15) is 0 Å². The number of amides is 1. The molecule has 1 aromatic rings. The van der Waals surface area contributed by atoms with Gasteiger partial charge < -0.3 is 19.8 Å². The third-order valence-corrected chi connectivity index (χ3v) is 5.30. The number of ether oxygens (including phenoxy) is 1. The Balaban J connectivity index is 1.64. The van der Waals surface area contributed by atoms with Crippen molar-refractivity contribution in [1.29, 1.82) is 0 Å². The third kappa shape index (κ3) is 3.85. The number of aliphatic hydroxyl groups is 1. The van der Waals surface area contributed by atoms with E-state index in [0.717, 1.165) is 18.4 Å². The standard InChI is InChI=1S/C19H25NO5/c1-12-9-16(25-17(12)19(23)24)18(22)20-8-2-3-15(10-20)14-6-4-13(11-21)5-7-14/h4-7,12,15-17,21H,2-3,8-11H2,1H3,(H,23,24)/t12-,15?,16-,17-/m1/s1. The van der Waals surface area contributed by atoms with Crippen molar-refractivity contribution in [2.75, 3.05) is 13.1 Å². The molecule has 0 aromatic heterocycles. The predicted octanol–water partition coefficient (Wildman–Crippen LogP) is 1.76. The first kappa shape index (κ1) is 17.9. The van der Waals surface area contributed by atoms with Gasteiger partial charge in [0.25, 0.3) is 5.91 Å². The normalized spacial score (nSPS) is 29.6. The summed E-state index contributed by atoms with van der Waals surface area (Å²) >= 11 is 0. The van der Waals surface area contributed by atoms with Crippen LogP contribution < -0.4 is 0 Å². The molecule has 4 atom stereocenters. The molecule has 6 heteroatoms. The third-order valence-electron chi connectivity index (χ3n) is 5.30. The van der Waals surface area contributed by atoms with Gasteiger partial charge in [-0.15, -0.1) is 0 Å². The van der Waals surface area contributed by atoms with Crippen molar-refractivity contribution < 1.29 is 24.5 Å². The number of carboxylic acid groups (broad SMARTS) is 1. The van der Waals surface area contributed by atoms with Gasteiger partial charge in [-0.1, -0.05) is 31.2 Å². The first-order valence-electron chi connectivity index (χ1n) is 8.86. The van der Waals surface area contributed by atoms with E-state index in [0.29, 0.717) is 19.5 Å².